The molecule has 0 fully saturated rings. The molecule has 0 bridgehead atoms. The topological polar surface area (TPSA) is 123 Å². The van der Waals surface area contributed by atoms with Crippen LogP contribution in [0.15, 0.2) is 42.9 Å². The number of ether oxygens (including phenoxy) is 4. The van der Waals surface area contributed by atoms with Gasteiger partial charge in [-0.25, -0.2) is 4.98 Å². The van der Waals surface area contributed by atoms with E-state index in [1.54, 1.807) is 45.5 Å². The van der Waals surface area contributed by atoms with Crippen LogP contribution in [0.25, 0.3) is 17.2 Å². The summed E-state index contributed by atoms with van der Waals surface area (Å²) in [6, 6.07) is 7.42. The van der Waals surface area contributed by atoms with Gasteiger partial charge in [0.25, 0.3) is 0 Å². The van der Waals surface area contributed by atoms with E-state index in [4.69, 9.17) is 18.9 Å². The lowest BCUT2D eigenvalue weighted by atomic mass is 10.2. The first-order valence-corrected chi connectivity index (χ1v) is 11.9. The average molecular weight is 513 g/mol. The maximum atomic E-state index is 5.73. The molecule has 0 aliphatic rings. The fraction of sp³-hybridized carbons (Fsp3) is 0.348. The summed E-state index contributed by atoms with van der Waals surface area (Å²) in [6.45, 7) is 2.02. The molecule has 190 valence electrons. The van der Waals surface area contributed by atoms with E-state index in [2.05, 4.69) is 30.0 Å². The van der Waals surface area contributed by atoms with Gasteiger partial charge < -0.3 is 18.9 Å². The Bertz CT molecular complexity index is 1270. The molecule has 1 aromatic carbocycles. The summed E-state index contributed by atoms with van der Waals surface area (Å²) in [5, 5.41) is 13.3. The predicted octanol–water partition coefficient (Wildman–Crippen LogP) is 3.32. The van der Waals surface area contributed by atoms with Gasteiger partial charge in [0.15, 0.2) is 5.82 Å². The zero-order chi connectivity index (χ0) is 25.7. The molecule has 4 rings (SSSR count). The number of benzene rings is 1. The lowest BCUT2D eigenvalue weighted by molar-refractivity contribution is 0.101. The van der Waals surface area contributed by atoms with E-state index in [1.807, 2.05) is 49.0 Å². The number of aromatic nitrogens is 7. The number of aryl methyl sites for hydroxylation is 1. The maximum absolute atomic E-state index is 5.73. The summed E-state index contributed by atoms with van der Waals surface area (Å²) < 4.78 is 29.0. The first-order chi connectivity index (χ1) is 17.5. The molecule has 2 atom stereocenters. The third kappa shape index (κ3) is 5.06. The highest BCUT2D eigenvalue weighted by Crippen LogP contribution is 2.38. The van der Waals surface area contributed by atoms with Crippen molar-refractivity contribution in [3.63, 3.8) is 0 Å². The zero-order valence-corrected chi connectivity index (χ0v) is 21.7. The smallest absolute Gasteiger partial charge is 0.239 e. The van der Waals surface area contributed by atoms with Crippen molar-refractivity contribution in [1.29, 1.82) is 0 Å². The molecule has 0 aliphatic heterocycles. The maximum Gasteiger partial charge on any atom is 0.239 e. The quantitative estimate of drug-likeness (QED) is 0.298. The molecule has 0 spiro atoms. The van der Waals surface area contributed by atoms with Crippen LogP contribution in [0.3, 0.4) is 0 Å². The van der Waals surface area contributed by atoms with E-state index < -0.39 is 0 Å². The number of hydrogen-bond acceptors (Lipinski definition) is 11. The SMILES string of the molecule is COc1cnc(C(OC)C(C)SNc2nnc(-c3ccn(C)n3)n2-c2c(OC)cccc2OC)cn1. The van der Waals surface area contributed by atoms with Crippen LogP contribution in [-0.4, -0.2) is 68.2 Å². The van der Waals surface area contributed by atoms with Crippen LogP contribution >= 0.6 is 11.9 Å². The zero-order valence-electron chi connectivity index (χ0n) is 20.9. The van der Waals surface area contributed by atoms with Gasteiger partial charge in [0.05, 0.1) is 44.7 Å². The molecule has 2 unspecified atom stereocenters. The number of nitrogens with one attached hydrogen (secondary N) is 1. The van der Waals surface area contributed by atoms with Crippen molar-refractivity contribution in [2.45, 2.75) is 18.3 Å². The standard InChI is InChI=1S/C23H28N8O4S/c1-14(21(35-6)16-12-25-19(34-5)13-24-16)36-29-23-27-26-22(15-10-11-30(2)28-15)31(23)20-17(32-3)8-7-9-18(20)33-4/h7-14,21H,1-6H3,(H,27,29). The van der Waals surface area contributed by atoms with Crippen molar-refractivity contribution >= 4 is 17.9 Å². The van der Waals surface area contributed by atoms with Gasteiger partial charge in [0.2, 0.25) is 11.8 Å². The molecule has 3 aromatic heterocycles. The summed E-state index contributed by atoms with van der Waals surface area (Å²) in [5.41, 5.74) is 1.97. The lowest BCUT2D eigenvalue weighted by Crippen LogP contribution is -2.18. The molecule has 3 heterocycles. The minimum Gasteiger partial charge on any atom is -0.494 e. The fourth-order valence-corrected chi connectivity index (χ4v) is 4.45. The number of anilines is 1. The Kier molecular flexibility index (Phi) is 7.90. The number of nitrogens with zero attached hydrogens (tertiary/aromatic N) is 7. The second-order valence-electron chi connectivity index (χ2n) is 7.63. The van der Waals surface area contributed by atoms with Crippen molar-refractivity contribution in [2.75, 3.05) is 33.2 Å². The Morgan fingerprint density at radius 3 is 2.25 bits per heavy atom. The highest BCUT2D eigenvalue weighted by Gasteiger charge is 2.26. The molecule has 0 amide bonds. The van der Waals surface area contributed by atoms with Gasteiger partial charge >= 0.3 is 0 Å². The monoisotopic (exact) mass is 512 g/mol. The minimum atomic E-state index is -0.340. The molecule has 0 saturated heterocycles. The largest absolute Gasteiger partial charge is 0.494 e. The summed E-state index contributed by atoms with van der Waals surface area (Å²) in [5.74, 6) is 2.61. The average Bonchev–Trinajstić information content (AvgIpc) is 3.53. The van der Waals surface area contributed by atoms with Crippen LogP contribution < -0.4 is 18.9 Å². The Labute approximate surface area is 213 Å². The second-order valence-corrected chi connectivity index (χ2v) is 8.82. The lowest BCUT2D eigenvalue weighted by Gasteiger charge is -2.22. The van der Waals surface area contributed by atoms with Crippen LogP contribution in [0, 0.1) is 0 Å². The first-order valence-electron chi connectivity index (χ1n) is 11.0. The normalized spacial score (nSPS) is 12.7. The van der Waals surface area contributed by atoms with E-state index in [-0.39, 0.29) is 11.4 Å². The number of para-hydroxylation sites is 1. The van der Waals surface area contributed by atoms with Gasteiger partial charge in [-0.05, 0) is 37.1 Å². The molecular formula is C23H28N8O4S. The minimum absolute atomic E-state index is 0.0827. The molecule has 13 heteroatoms. The molecule has 4 aromatic rings. The summed E-state index contributed by atoms with van der Waals surface area (Å²) in [7, 11) is 8.23. The van der Waals surface area contributed by atoms with E-state index in [9.17, 15) is 0 Å². The molecule has 0 saturated carbocycles. The number of rotatable bonds is 11. The molecule has 36 heavy (non-hydrogen) atoms. The van der Waals surface area contributed by atoms with Crippen LogP contribution in [0.1, 0.15) is 18.7 Å². The van der Waals surface area contributed by atoms with E-state index in [0.29, 0.717) is 46.2 Å². The third-order valence-corrected chi connectivity index (χ3v) is 6.32. The second kappa shape index (κ2) is 11.3. The molecule has 1 N–H and O–H groups in total. The van der Waals surface area contributed by atoms with Gasteiger partial charge in [-0.1, -0.05) is 6.07 Å². The summed E-state index contributed by atoms with van der Waals surface area (Å²) in [6.07, 6.45) is 4.71. The van der Waals surface area contributed by atoms with Gasteiger partial charge in [-0.3, -0.25) is 19.0 Å². The van der Waals surface area contributed by atoms with Crippen molar-refractivity contribution in [3.8, 4) is 34.6 Å². The van der Waals surface area contributed by atoms with Gasteiger partial charge in [0, 0.05) is 20.4 Å². The highest BCUT2D eigenvalue weighted by molar-refractivity contribution is 8.01. The van der Waals surface area contributed by atoms with Crippen molar-refractivity contribution in [1.82, 2.24) is 34.5 Å². The van der Waals surface area contributed by atoms with E-state index >= 15 is 0 Å². The van der Waals surface area contributed by atoms with E-state index in [0.717, 1.165) is 0 Å². The first kappa shape index (κ1) is 25.3. The number of methoxy groups -OCH3 is 4. The molecule has 12 nitrogen and oxygen atoms in total. The van der Waals surface area contributed by atoms with Crippen LogP contribution in [-0.2, 0) is 11.8 Å². The Morgan fingerprint density at radius 2 is 1.69 bits per heavy atom. The van der Waals surface area contributed by atoms with Crippen molar-refractivity contribution < 1.29 is 18.9 Å². The van der Waals surface area contributed by atoms with Gasteiger partial charge in [0.1, 0.15) is 29.0 Å². The van der Waals surface area contributed by atoms with Gasteiger partial charge in [-0.15, -0.1) is 10.2 Å². The van der Waals surface area contributed by atoms with Crippen molar-refractivity contribution in [3.05, 3.63) is 48.5 Å². The Hall–Kier alpha value is -3.84. The van der Waals surface area contributed by atoms with Gasteiger partial charge in [-0.2, -0.15) is 5.10 Å². The predicted molar refractivity (Wildman–Crippen MR) is 136 cm³/mol. The number of hydrogen-bond donors (Lipinski definition) is 1. The van der Waals surface area contributed by atoms with Crippen LogP contribution in [0.4, 0.5) is 5.95 Å². The molecular weight excluding hydrogens is 484 g/mol. The summed E-state index contributed by atoms with van der Waals surface area (Å²) >= 11 is 1.41. The van der Waals surface area contributed by atoms with Crippen LogP contribution in [0.5, 0.6) is 17.4 Å². The molecule has 0 aliphatic carbocycles. The Morgan fingerprint density at radius 1 is 0.944 bits per heavy atom. The fourth-order valence-electron chi connectivity index (χ4n) is 3.65. The summed E-state index contributed by atoms with van der Waals surface area (Å²) in [4.78, 5) is 8.66. The third-order valence-electron chi connectivity index (χ3n) is 5.40. The van der Waals surface area contributed by atoms with Crippen LogP contribution in [0.2, 0.25) is 0 Å². The highest BCUT2D eigenvalue weighted by atomic mass is 32.2. The molecule has 0 radical (unpaired) electrons. The Balaban J connectivity index is 1.69. The van der Waals surface area contributed by atoms with Crippen molar-refractivity contribution in [2.24, 2.45) is 7.05 Å². The van der Waals surface area contributed by atoms with E-state index in [1.165, 1.54) is 11.9 Å².